The Morgan fingerprint density at radius 1 is 1.28 bits per heavy atom. The zero-order valence-corrected chi connectivity index (χ0v) is 15.7. The van der Waals surface area contributed by atoms with Gasteiger partial charge in [-0.1, -0.05) is 35.9 Å². The number of allylic oxidation sites excluding steroid dienone is 1. The normalized spacial score (nSPS) is 12.2. The summed E-state index contributed by atoms with van der Waals surface area (Å²) in [6.45, 7) is 1.81. The van der Waals surface area contributed by atoms with E-state index in [1.165, 1.54) is 24.9 Å². The van der Waals surface area contributed by atoms with Crippen LogP contribution in [-0.4, -0.2) is 24.1 Å². The van der Waals surface area contributed by atoms with Gasteiger partial charge in [0.2, 0.25) is 0 Å². The molecule has 0 aliphatic rings. The molecule has 0 aromatic heterocycles. The van der Waals surface area contributed by atoms with Gasteiger partial charge >= 0.3 is 0 Å². The van der Waals surface area contributed by atoms with E-state index in [2.05, 4.69) is 4.99 Å². The van der Waals surface area contributed by atoms with Crippen molar-refractivity contribution in [2.24, 2.45) is 4.99 Å². The Balaban J connectivity index is 2.67. The number of hydrogen-bond acceptors (Lipinski definition) is 4. The van der Waals surface area contributed by atoms with E-state index < -0.39 is 5.82 Å². The third kappa shape index (κ3) is 4.50. The molecule has 0 saturated carbocycles. The number of hydrogen-bond donors (Lipinski definition) is 1. The fourth-order valence-electron chi connectivity index (χ4n) is 2.22. The largest absolute Gasteiger partial charge is 0.494 e. The maximum Gasteiger partial charge on any atom is 0.165 e. The summed E-state index contributed by atoms with van der Waals surface area (Å²) < 4.78 is 19.2. The number of benzene rings is 2. The lowest BCUT2D eigenvalue weighted by Gasteiger charge is -2.12. The number of nitrogens with one attached hydrogen (secondary N) is 1. The van der Waals surface area contributed by atoms with Crippen LogP contribution in [0.4, 0.5) is 4.39 Å². The van der Waals surface area contributed by atoms with Crippen molar-refractivity contribution in [2.75, 3.05) is 13.4 Å². The molecule has 1 N–H and O–H groups in total. The molecule has 25 heavy (non-hydrogen) atoms. The fraction of sp³-hybridized carbons (Fsp3) is 0.158. The van der Waals surface area contributed by atoms with Crippen LogP contribution in [0.5, 0.6) is 5.75 Å². The molecule has 2 rings (SSSR count). The Kier molecular flexibility index (Phi) is 6.79. The van der Waals surface area contributed by atoms with Crippen molar-refractivity contribution >= 4 is 34.1 Å². The van der Waals surface area contributed by atoms with Crippen LogP contribution in [0.1, 0.15) is 18.1 Å². The quantitative estimate of drug-likeness (QED) is 0.547. The predicted molar refractivity (Wildman–Crippen MR) is 105 cm³/mol. The fourth-order valence-corrected chi connectivity index (χ4v) is 2.82. The third-order valence-corrected chi connectivity index (χ3v) is 4.44. The molecule has 0 heterocycles. The zero-order valence-electron chi connectivity index (χ0n) is 14.1. The van der Waals surface area contributed by atoms with Crippen LogP contribution in [0, 0.1) is 11.2 Å². The molecule has 0 amide bonds. The Morgan fingerprint density at radius 2 is 2.00 bits per heavy atom. The average molecular weight is 377 g/mol. The SMILES string of the molecule is C/C=C(/N=C(c1ccc(OC)c(F)c1)c1ccccc1Cl)C(=N)SC. The van der Waals surface area contributed by atoms with Crippen LogP contribution in [0.3, 0.4) is 0 Å². The molecular formula is C19H18ClFN2OS. The van der Waals surface area contributed by atoms with Gasteiger partial charge in [0.05, 0.1) is 18.5 Å². The van der Waals surface area contributed by atoms with Crippen LogP contribution in [-0.2, 0) is 0 Å². The third-order valence-electron chi connectivity index (χ3n) is 3.50. The Morgan fingerprint density at radius 3 is 2.56 bits per heavy atom. The van der Waals surface area contributed by atoms with Crippen LogP contribution in [0.25, 0.3) is 0 Å². The molecule has 0 fully saturated rings. The topological polar surface area (TPSA) is 45.4 Å². The average Bonchev–Trinajstić information content (AvgIpc) is 2.63. The first-order valence-electron chi connectivity index (χ1n) is 7.48. The van der Waals surface area contributed by atoms with Crippen molar-refractivity contribution < 1.29 is 9.13 Å². The van der Waals surface area contributed by atoms with Crippen molar-refractivity contribution in [2.45, 2.75) is 6.92 Å². The summed E-state index contributed by atoms with van der Waals surface area (Å²) in [6.07, 6.45) is 3.55. The maximum atomic E-state index is 14.2. The maximum absolute atomic E-state index is 14.2. The van der Waals surface area contributed by atoms with Crippen LogP contribution >= 0.6 is 23.4 Å². The Bertz CT molecular complexity index is 849. The second-order valence-electron chi connectivity index (χ2n) is 5.00. The summed E-state index contributed by atoms with van der Waals surface area (Å²) in [4.78, 5) is 4.60. The van der Waals surface area contributed by atoms with E-state index >= 15 is 0 Å². The summed E-state index contributed by atoms with van der Waals surface area (Å²) in [5.41, 5.74) is 2.22. The number of thioether (sulfide) groups is 1. The van der Waals surface area contributed by atoms with Gasteiger partial charge in [0.25, 0.3) is 0 Å². The summed E-state index contributed by atoms with van der Waals surface area (Å²) >= 11 is 7.61. The number of aliphatic imine (C=N–C) groups is 1. The van der Waals surface area contributed by atoms with Gasteiger partial charge in [-0.25, -0.2) is 9.38 Å². The van der Waals surface area contributed by atoms with Crippen LogP contribution in [0.15, 0.2) is 59.2 Å². The predicted octanol–water partition coefficient (Wildman–Crippen LogP) is 5.57. The van der Waals surface area contributed by atoms with Crippen LogP contribution < -0.4 is 4.74 Å². The van der Waals surface area contributed by atoms with Crippen molar-refractivity contribution in [3.63, 3.8) is 0 Å². The minimum atomic E-state index is -0.485. The van der Waals surface area contributed by atoms with Crippen molar-refractivity contribution in [1.82, 2.24) is 0 Å². The van der Waals surface area contributed by atoms with Gasteiger partial charge in [-0.3, -0.25) is 5.41 Å². The van der Waals surface area contributed by atoms with E-state index in [9.17, 15) is 4.39 Å². The molecule has 2 aromatic rings. The standard InChI is InChI=1S/C19H18ClFN2OS/c1-4-16(19(22)25-3)23-18(13-7-5-6-8-14(13)20)12-9-10-17(24-2)15(21)11-12/h4-11,22H,1-3H3/b16-4+,22-19?,23-18?. The van der Waals surface area contributed by atoms with Gasteiger partial charge in [-0.05, 0) is 37.4 Å². The zero-order chi connectivity index (χ0) is 18.4. The molecule has 0 aliphatic carbocycles. The van der Waals surface area contributed by atoms with Gasteiger partial charge in [-0.15, -0.1) is 11.8 Å². The van der Waals surface area contributed by atoms with E-state index in [0.29, 0.717) is 32.6 Å². The summed E-state index contributed by atoms with van der Waals surface area (Å²) in [6, 6.07) is 11.9. The van der Waals surface area contributed by atoms with E-state index in [1.807, 2.05) is 31.4 Å². The molecule has 0 unspecified atom stereocenters. The molecule has 0 atom stereocenters. The number of nitrogens with zero attached hydrogens (tertiary/aromatic N) is 1. The minimum absolute atomic E-state index is 0.158. The second kappa shape index (κ2) is 8.83. The first-order chi connectivity index (χ1) is 12.0. The highest BCUT2D eigenvalue weighted by Gasteiger charge is 2.15. The molecule has 0 bridgehead atoms. The molecule has 2 aromatic carbocycles. The smallest absolute Gasteiger partial charge is 0.165 e. The summed E-state index contributed by atoms with van der Waals surface area (Å²) in [5.74, 6) is -0.327. The minimum Gasteiger partial charge on any atom is -0.494 e. The van der Waals surface area contributed by atoms with Gasteiger partial charge in [0, 0.05) is 16.1 Å². The molecule has 0 spiro atoms. The molecule has 0 saturated heterocycles. The number of halogens is 2. The lowest BCUT2D eigenvalue weighted by atomic mass is 10.0. The van der Waals surface area contributed by atoms with Gasteiger partial charge in [0.15, 0.2) is 11.6 Å². The van der Waals surface area contributed by atoms with Gasteiger partial charge in [0.1, 0.15) is 5.04 Å². The number of rotatable bonds is 5. The van der Waals surface area contributed by atoms with E-state index in [4.69, 9.17) is 21.7 Å². The lowest BCUT2D eigenvalue weighted by molar-refractivity contribution is 0.386. The monoisotopic (exact) mass is 376 g/mol. The first-order valence-corrected chi connectivity index (χ1v) is 9.08. The van der Waals surface area contributed by atoms with Crippen molar-refractivity contribution in [3.8, 4) is 5.75 Å². The summed E-state index contributed by atoms with van der Waals surface area (Å²) in [7, 11) is 1.42. The highest BCUT2D eigenvalue weighted by molar-refractivity contribution is 8.13. The summed E-state index contributed by atoms with van der Waals surface area (Å²) in [5, 5.41) is 8.86. The first kappa shape index (κ1) is 19.2. The molecular weight excluding hydrogens is 359 g/mol. The second-order valence-corrected chi connectivity index (χ2v) is 6.22. The van der Waals surface area contributed by atoms with E-state index in [-0.39, 0.29) is 5.75 Å². The molecule has 130 valence electrons. The Hall–Kier alpha value is -2.11. The van der Waals surface area contributed by atoms with Gasteiger partial charge in [-0.2, -0.15) is 0 Å². The highest BCUT2D eigenvalue weighted by atomic mass is 35.5. The molecule has 0 radical (unpaired) electrons. The van der Waals surface area contributed by atoms with Gasteiger partial charge < -0.3 is 4.74 Å². The molecule has 6 heteroatoms. The van der Waals surface area contributed by atoms with Crippen molar-refractivity contribution in [3.05, 3.63) is 76.2 Å². The molecule has 0 aliphatic heterocycles. The van der Waals surface area contributed by atoms with Crippen molar-refractivity contribution in [1.29, 1.82) is 5.41 Å². The lowest BCUT2D eigenvalue weighted by Crippen LogP contribution is -2.08. The van der Waals surface area contributed by atoms with Crippen LogP contribution in [0.2, 0.25) is 5.02 Å². The van der Waals surface area contributed by atoms with E-state index in [1.54, 1.807) is 24.3 Å². The Labute approximate surface area is 156 Å². The highest BCUT2D eigenvalue weighted by Crippen LogP contribution is 2.25. The molecule has 3 nitrogen and oxygen atoms in total. The number of ether oxygens (including phenoxy) is 1. The number of methoxy groups -OCH3 is 1. The van der Waals surface area contributed by atoms with E-state index in [0.717, 1.165) is 0 Å².